The highest BCUT2D eigenvalue weighted by atomic mass is 32.2. The van der Waals surface area contributed by atoms with Crippen LogP contribution >= 0.6 is 11.8 Å². The van der Waals surface area contributed by atoms with Crippen molar-refractivity contribution in [3.8, 4) is 0 Å². The van der Waals surface area contributed by atoms with Crippen LogP contribution in [0.15, 0.2) is 35.6 Å². The third-order valence-corrected chi connectivity index (χ3v) is 5.47. The van der Waals surface area contributed by atoms with Gasteiger partial charge in [0.2, 0.25) is 0 Å². The number of rotatable bonds is 6. The average Bonchev–Trinajstić information content (AvgIpc) is 3.28. The molecule has 1 aliphatic carbocycles. The van der Waals surface area contributed by atoms with Crippen LogP contribution in [0.25, 0.3) is 0 Å². The van der Waals surface area contributed by atoms with E-state index in [4.69, 9.17) is 4.74 Å². The zero-order chi connectivity index (χ0) is 16.9. The molecule has 2 aromatic rings. The number of carbonyl (C=O) groups excluding carboxylic acids is 1. The van der Waals surface area contributed by atoms with E-state index in [1.54, 1.807) is 30.1 Å². The standard InChI is InChI=1S/C18H22N2O3S/c1-23-17(22)14-8-6-13(7-9-14)12-24-18-19-10-16(11-21)20(18)15-4-2-3-5-15/h6-10,15,21H,2-5,11-12H2,1H3. The molecule has 0 saturated heterocycles. The zero-order valence-electron chi connectivity index (χ0n) is 13.8. The number of thioether (sulfide) groups is 1. The highest BCUT2D eigenvalue weighted by Crippen LogP contribution is 2.35. The molecule has 0 bridgehead atoms. The van der Waals surface area contributed by atoms with Gasteiger partial charge >= 0.3 is 5.97 Å². The molecule has 1 aromatic heterocycles. The Morgan fingerprint density at radius 3 is 2.67 bits per heavy atom. The quantitative estimate of drug-likeness (QED) is 0.640. The lowest BCUT2D eigenvalue weighted by atomic mass is 10.1. The molecular formula is C18H22N2O3S. The minimum Gasteiger partial charge on any atom is -0.465 e. The molecule has 1 heterocycles. The molecular weight excluding hydrogens is 324 g/mol. The molecule has 128 valence electrons. The molecule has 24 heavy (non-hydrogen) atoms. The number of aliphatic hydroxyl groups excluding tert-OH is 1. The average molecular weight is 346 g/mol. The first-order valence-electron chi connectivity index (χ1n) is 8.20. The first-order valence-corrected chi connectivity index (χ1v) is 9.18. The fourth-order valence-electron chi connectivity index (χ4n) is 3.16. The lowest BCUT2D eigenvalue weighted by Gasteiger charge is -2.17. The van der Waals surface area contributed by atoms with Gasteiger partial charge in [0, 0.05) is 11.8 Å². The summed E-state index contributed by atoms with van der Waals surface area (Å²) in [5.41, 5.74) is 2.57. The molecule has 0 spiro atoms. The fourth-order valence-corrected chi connectivity index (χ4v) is 4.18. The van der Waals surface area contributed by atoms with Crippen LogP contribution in [-0.4, -0.2) is 27.7 Å². The summed E-state index contributed by atoms with van der Waals surface area (Å²) in [6, 6.07) is 7.90. The number of methoxy groups -OCH3 is 1. The van der Waals surface area contributed by atoms with E-state index in [9.17, 15) is 9.90 Å². The van der Waals surface area contributed by atoms with E-state index in [0.29, 0.717) is 11.6 Å². The van der Waals surface area contributed by atoms with Gasteiger partial charge in [0.05, 0.1) is 31.2 Å². The number of nitrogens with zero attached hydrogens (tertiary/aromatic N) is 2. The second-order valence-corrected chi connectivity index (χ2v) is 6.92. The van der Waals surface area contributed by atoms with Crippen molar-refractivity contribution in [3.63, 3.8) is 0 Å². The Kier molecular flexibility index (Phi) is 5.58. The van der Waals surface area contributed by atoms with Crippen LogP contribution in [0, 0.1) is 0 Å². The zero-order valence-corrected chi connectivity index (χ0v) is 14.6. The van der Waals surface area contributed by atoms with Crippen molar-refractivity contribution in [2.75, 3.05) is 7.11 Å². The van der Waals surface area contributed by atoms with E-state index >= 15 is 0 Å². The minimum atomic E-state index is -0.321. The molecule has 5 nitrogen and oxygen atoms in total. The van der Waals surface area contributed by atoms with Crippen LogP contribution in [0.1, 0.15) is 53.3 Å². The molecule has 1 N–H and O–H groups in total. The summed E-state index contributed by atoms with van der Waals surface area (Å²) in [7, 11) is 1.38. The van der Waals surface area contributed by atoms with Crippen LogP contribution in [0.4, 0.5) is 0 Å². The highest BCUT2D eigenvalue weighted by molar-refractivity contribution is 7.98. The van der Waals surface area contributed by atoms with Crippen molar-refractivity contribution in [1.29, 1.82) is 0 Å². The van der Waals surface area contributed by atoms with Crippen molar-refractivity contribution in [2.24, 2.45) is 0 Å². The van der Waals surface area contributed by atoms with E-state index in [1.807, 2.05) is 12.1 Å². The van der Waals surface area contributed by atoms with Crippen LogP contribution in [0.3, 0.4) is 0 Å². The topological polar surface area (TPSA) is 64.3 Å². The molecule has 0 atom stereocenters. The molecule has 0 unspecified atom stereocenters. The van der Waals surface area contributed by atoms with E-state index in [-0.39, 0.29) is 12.6 Å². The molecule has 1 saturated carbocycles. The number of aliphatic hydroxyl groups is 1. The van der Waals surface area contributed by atoms with Gasteiger partial charge in [0.25, 0.3) is 0 Å². The van der Waals surface area contributed by atoms with Gasteiger partial charge in [-0.05, 0) is 30.5 Å². The number of esters is 1. The Bertz CT molecular complexity index is 691. The van der Waals surface area contributed by atoms with E-state index in [0.717, 1.165) is 35.0 Å². The first kappa shape index (κ1) is 17.0. The Morgan fingerprint density at radius 2 is 2.04 bits per heavy atom. The van der Waals surface area contributed by atoms with Crippen LogP contribution in [0.5, 0.6) is 0 Å². The second-order valence-electron chi connectivity index (χ2n) is 5.98. The SMILES string of the molecule is COC(=O)c1ccc(CSc2ncc(CO)n2C2CCCC2)cc1. The molecule has 0 aliphatic heterocycles. The molecule has 6 heteroatoms. The second kappa shape index (κ2) is 7.85. The maximum Gasteiger partial charge on any atom is 0.337 e. The van der Waals surface area contributed by atoms with Crippen LogP contribution < -0.4 is 0 Å². The van der Waals surface area contributed by atoms with Gasteiger partial charge in [-0.15, -0.1) is 0 Å². The molecule has 1 aliphatic rings. The van der Waals surface area contributed by atoms with Crippen molar-refractivity contribution in [2.45, 2.75) is 49.2 Å². The third kappa shape index (κ3) is 3.65. The maximum absolute atomic E-state index is 11.5. The molecule has 1 fully saturated rings. The Morgan fingerprint density at radius 1 is 1.33 bits per heavy atom. The number of aromatic nitrogens is 2. The highest BCUT2D eigenvalue weighted by Gasteiger charge is 2.22. The molecule has 3 rings (SSSR count). The van der Waals surface area contributed by atoms with E-state index < -0.39 is 0 Å². The summed E-state index contributed by atoms with van der Waals surface area (Å²) in [5, 5.41) is 10.5. The monoisotopic (exact) mass is 346 g/mol. The first-order chi connectivity index (χ1) is 11.7. The number of carbonyl (C=O) groups is 1. The van der Waals surface area contributed by atoms with Crippen molar-refractivity contribution < 1.29 is 14.6 Å². The smallest absolute Gasteiger partial charge is 0.337 e. The van der Waals surface area contributed by atoms with Gasteiger partial charge < -0.3 is 14.4 Å². The summed E-state index contributed by atoms with van der Waals surface area (Å²) >= 11 is 1.67. The van der Waals surface area contributed by atoms with E-state index in [2.05, 4.69) is 9.55 Å². The number of hydrogen-bond acceptors (Lipinski definition) is 5. The number of ether oxygens (including phenoxy) is 1. The predicted octanol–water partition coefficient (Wildman–Crippen LogP) is 3.57. The fraction of sp³-hybridized carbons (Fsp3) is 0.444. The van der Waals surface area contributed by atoms with Gasteiger partial charge in [-0.3, -0.25) is 0 Å². The van der Waals surface area contributed by atoms with Crippen molar-refractivity contribution in [3.05, 3.63) is 47.3 Å². The molecule has 0 amide bonds. The van der Waals surface area contributed by atoms with Gasteiger partial charge in [0.1, 0.15) is 0 Å². The number of benzene rings is 1. The predicted molar refractivity (Wildman–Crippen MR) is 93.0 cm³/mol. The lowest BCUT2D eigenvalue weighted by Crippen LogP contribution is -2.10. The molecule has 0 radical (unpaired) electrons. The summed E-state index contributed by atoms with van der Waals surface area (Å²) in [5.74, 6) is 0.453. The minimum absolute atomic E-state index is 0.0257. The van der Waals surface area contributed by atoms with Crippen LogP contribution in [0.2, 0.25) is 0 Å². The van der Waals surface area contributed by atoms with Gasteiger partial charge in [-0.1, -0.05) is 36.7 Å². The molecule has 1 aromatic carbocycles. The number of hydrogen-bond donors (Lipinski definition) is 1. The largest absolute Gasteiger partial charge is 0.465 e. The van der Waals surface area contributed by atoms with E-state index in [1.165, 1.54) is 20.0 Å². The van der Waals surface area contributed by atoms with Gasteiger partial charge in [-0.2, -0.15) is 0 Å². The maximum atomic E-state index is 11.5. The summed E-state index contributed by atoms with van der Waals surface area (Å²) < 4.78 is 6.92. The number of imidazole rings is 1. The van der Waals surface area contributed by atoms with Crippen molar-refractivity contribution in [1.82, 2.24) is 9.55 Å². The van der Waals surface area contributed by atoms with Gasteiger partial charge in [0.15, 0.2) is 5.16 Å². The van der Waals surface area contributed by atoms with Crippen LogP contribution in [-0.2, 0) is 17.1 Å². The Labute approximate surface area is 146 Å². The normalized spacial score (nSPS) is 14.9. The summed E-state index contributed by atoms with van der Waals surface area (Å²) in [4.78, 5) is 16.0. The Hall–Kier alpha value is -1.79. The lowest BCUT2D eigenvalue weighted by molar-refractivity contribution is 0.0600. The summed E-state index contributed by atoms with van der Waals surface area (Å²) in [6.07, 6.45) is 6.58. The van der Waals surface area contributed by atoms with Gasteiger partial charge in [-0.25, -0.2) is 9.78 Å². The Balaban J connectivity index is 1.70. The summed E-state index contributed by atoms with van der Waals surface area (Å²) in [6.45, 7) is 0.0257. The third-order valence-electron chi connectivity index (χ3n) is 4.43. The van der Waals surface area contributed by atoms with Crippen molar-refractivity contribution >= 4 is 17.7 Å².